The summed E-state index contributed by atoms with van der Waals surface area (Å²) in [5.41, 5.74) is 2.17. The molecule has 1 unspecified atom stereocenters. The molecule has 1 saturated carbocycles. The Morgan fingerprint density at radius 2 is 1.86 bits per heavy atom. The SMILES string of the molecule is COC1(c2ccc(C(C)O)cc2)CC1. The summed E-state index contributed by atoms with van der Waals surface area (Å²) in [7, 11) is 1.76. The van der Waals surface area contributed by atoms with E-state index in [0.717, 1.165) is 18.4 Å². The molecule has 1 aromatic rings. The highest BCUT2D eigenvalue weighted by Crippen LogP contribution is 2.48. The molecular formula is C12H16O2. The van der Waals surface area contributed by atoms with Gasteiger partial charge >= 0.3 is 0 Å². The van der Waals surface area contributed by atoms with E-state index in [2.05, 4.69) is 12.1 Å². The van der Waals surface area contributed by atoms with Gasteiger partial charge in [-0.05, 0) is 30.9 Å². The fourth-order valence-electron chi connectivity index (χ4n) is 1.79. The van der Waals surface area contributed by atoms with E-state index in [-0.39, 0.29) is 11.7 Å². The molecule has 76 valence electrons. The van der Waals surface area contributed by atoms with Gasteiger partial charge in [0.05, 0.1) is 11.7 Å². The fraction of sp³-hybridized carbons (Fsp3) is 0.500. The van der Waals surface area contributed by atoms with Crippen molar-refractivity contribution in [3.63, 3.8) is 0 Å². The van der Waals surface area contributed by atoms with Crippen LogP contribution >= 0.6 is 0 Å². The average Bonchev–Trinajstić information content (AvgIpc) is 2.99. The Hall–Kier alpha value is -0.860. The van der Waals surface area contributed by atoms with Crippen LogP contribution in [0.2, 0.25) is 0 Å². The Morgan fingerprint density at radius 3 is 2.21 bits per heavy atom. The lowest BCUT2D eigenvalue weighted by Gasteiger charge is -2.14. The van der Waals surface area contributed by atoms with Crippen LogP contribution < -0.4 is 0 Å². The highest BCUT2D eigenvalue weighted by Gasteiger charge is 2.44. The lowest BCUT2D eigenvalue weighted by atomic mass is 10.0. The van der Waals surface area contributed by atoms with Gasteiger partial charge in [0.25, 0.3) is 0 Å². The van der Waals surface area contributed by atoms with Crippen LogP contribution in [0.4, 0.5) is 0 Å². The van der Waals surface area contributed by atoms with Crippen molar-refractivity contribution < 1.29 is 9.84 Å². The van der Waals surface area contributed by atoms with Gasteiger partial charge in [-0.3, -0.25) is 0 Å². The van der Waals surface area contributed by atoms with Gasteiger partial charge in [0.1, 0.15) is 0 Å². The van der Waals surface area contributed by atoms with Crippen molar-refractivity contribution in [2.45, 2.75) is 31.5 Å². The molecule has 0 aromatic heterocycles. The highest BCUT2D eigenvalue weighted by atomic mass is 16.5. The van der Waals surface area contributed by atoms with Crippen molar-refractivity contribution in [2.24, 2.45) is 0 Å². The summed E-state index contributed by atoms with van der Waals surface area (Å²) < 4.78 is 5.47. The number of hydrogen-bond donors (Lipinski definition) is 1. The van der Waals surface area contributed by atoms with E-state index in [0.29, 0.717) is 0 Å². The lowest BCUT2D eigenvalue weighted by molar-refractivity contribution is 0.0788. The topological polar surface area (TPSA) is 29.5 Å². The first-order chi connectivity index (χ1) is 6.68. The molecule has 2 rings (SSSR count). The largest absolute Gasteiger partial charge is 0.389 e. The number of aliphatic hydroxyl groups is 1. The zero-order chi connectivity index (χ0) is 10.2. The second-order valence-corrected chi connectivity index (χ2v) is 4.00. The summed E-state index contributed by atoms with van der Waals surface area (Å²) in [5, 5.41) is 9.36. The normalized spacial score (nSPS) is 20.5. The number of benzene rings is 1. The van der Waals surface area contributed by atoms with Gasteiger partial charge in [0.15, 0.2) is 0 Å². The molecule has 0 amide bonds. The third-order valence-corrected chi connectivity index (χ3v) is 3.01. The molecule has 1 aliphatic rings. The first kappa shape index (κ1) is 9.69. The van der Waals surface area contributed by atoms with Crippen molar-refractivity contribution in [3.05, 3.63) is 35.4 Å². The Morgan fingerprint density at radius 1 is 1.29 bits per heavy atom. The summed E-state index contributed by atoms with van der Waals surface area (Å²) in [5.74, 6) is 0. The molecule has 2 heteroatoms. The second kappa shape index (κ2) is 3.37. The maximum absolute atomic E-state index is 9.36. The van der Waals surface area contributed by atoms with Crippen molar-refractivity contribution >= 4 is 0 Å². The molecule has 0 radical (unpaired) electrons. The maximum Gasteiger partial charge on any atom is 0.0929 e. The molecule has 1 N–H and O–H groups in total. The molecule has 2 nitrogen and oxygen atoms in total. The molecule has 1 atom stereocenters. The third-order valence-electron chi connectivity index (χ3n) is 3.01. The molecule has 1 fully saturated rings. The third kappa shape index (κ3) is 1.56. The quantitative estimate of drug-likeness (QED) is 0.796. The van der Waals surface area contributed by atoms with E-state index in [1.165, 1.54) is 5.56 Å². The monoisotopic (exact) mass is 192 g/mol. The Balaban J connectivity index is 2.22. The first-order valence-corrected chi connectivity index (χ1v) is 5.02. The molecule has 0 aliphatic heterocycles. The molecule has 0 spiro atoms. The number of hydrogen-bond acceptors (Lipinski definition) is 2. The Bertz CT molecular complexity index is 310. The van der Waals surface area contributed by atoms with Gasteiger partial charge in [0.2, 0.25) is 0 Å². The molecule has 1 aromatic carbocycles. The number of ether oxygens (including phenoxy) is 1. The van der Waals surface area contributed by atoms with Gasteiger partial charge in [0, 0.05) is 7.11 Å². The van der Waals surface area contributed by atoms with Crippen molar-refractivity contribution in [1.29, 1.82) is 0 Å². The van der Waals surface area contributed by atoms with Crippen LogP contribution in [0.15, 0.2) is 24.3 Å². The minimum Gasteiger partial charge on any atom is -0.389 e. The van der Waals surface area contributed by atoms with Gasteiger partial charge in [-0.1, -0.05) is 24.3 Å². The minimum absolute atomic E-state index is 0.0166. The predicted molar refractivity (Wildman–Crippen MR) is 55.0 cm³/mol. The van der Waals surface area contributed by atoms with E-state index in [9.17, 15) is 5.11 Å². The van der Waals surface area contributed by atoms with Crippen LogP contribution in [0.1, 0.15) is 37.0 Å². The van der Waals surface area contributed by atoms with Crippen LogP contribution in [0.3, 0.4) is 0 Å². The zero-order valence-electron chi connectivity index (χ0n) is 8.66. The van der Waals surface area contributed by atoms with E-state index in [1.54, 1.807) is 14.0 Å². The van der Waals surface area contributed by atoms with E-state index < -0.39 is 0 Å². The maximum atomic E-state index is 9.36. The smallest absolute Gasteiger partial charge is 0.0929 e. The van der Waals surface area contributed by atoms with Gasteiger partial charge < -0.3 is 9.84 Å². The molecule has 0 bridgehead atoms. The van der Waals surface area contributed by atoms with E-state index in [4.69, 9.17) is 4.74 Å². The Labute approximate surface area is 84.5 Å². The Kier molecular flexibility index (Phi) is 2.33. The first-order valence-electron chi connectivity index (χ1n) is 5.02. The average molecular weight is 192 g/mol. The minimum atomic E-state index is -0.387. The second-order valence-electron chi connectivity index (χ2n) is 4.00. The summed E-state index contributed by atoms with van der Waals surface area (Å²) in [6.45, 7) is 1.78. The summed E-state index contributed by atoms with van der Waals surface area (Å²) in [6.07, 6.45) is 1.83. The van der Waals surface area contributed by atoms with Gasteiger partial charge in [-0.25, -0.2) is 0 Å². The van der Waals surface area contributed by atoms with Gasteiger partial charge in [-0.2, -0.15) is 0 Å². The predicted octanol–water partition coefficient (Wildman–Crippen LogP) is 2.38. The van der Waals surface area contributed by atoms with Crippen LogP contribution in [-0.2, 0) is 10.3 Å². The number of aliphatic hydroxyl groups excluding tert-OH is 1. The van der Waals surface area contributed by atoms with Crippen LogP contribution in [0.25, 0.3) is 0 Å². The molecule has 0 heterocycles. The fourth-order valence-corrected chi connectivity index (χ4v) is 1.79. The number of rotatable bonds is 3. The summed E-state index contributed by atoms with van der Waals surface area (Å²) in [4.78, 5) is 0. The van der Waals surface area contributed by atoms with Crippen molar-refractivity contribution in [2.75, 3.05) is 7.11 Å². The molecular weight excluding hydrogens is 176 g/mol. The zero-order valence-corrected chi connectivity index (χ0v) is 8.66. The van der Waals surface area contributed by atoms with E-state index >= 15 is 0 Å². The molecule has 1 aliphatic carbocycles. The van der Waals surface area contributed by atoms with Crippen molar-refractivity contribution in [1.82, 2.24) is 0 Å². The number of methoxy groups -OCH3 is 1. The van der Waals surface area contributed by atoms with Gasteiger partial charge in [-0.15, -0.1) is 0 Å². The van der Waals surface area contributed by atoms with Crippen molar-refractivity contribution in [3.8, 4) is 0 Å². The highest BCUT2D eigenvalue weighted by molar-refractivity contribution is 5.31. The van der Waals surface area contributed by atoms with Crippen LogP contribution in [0, 0.1) is 0 Å². The van der Waals surface area contributed by atoms with E-state index in [1.807, 2.05) is 12.1 Å². The molecule has 0 saturated heterocycles. The standard InChI is InChI=1S/C12H16O2/c1-9(13)10-3-5-11(6-4-10)12(14-2)7-8-12/h3-6,9,13H,7-8H2,1-2H3. The van der Waals surface area contributed by atoms with Crippen LogP contribution in [0.5, 0.6) is 0 Å². The lowest BCUT2D eigenvalue weighted by Crippen LogP contribution is -2.08. The summed E-state index contributed by atoms with van der Waals surface area (Å²) in [6, 6.07) is 8.05. The summed E-state index contributed by atoms with van der Waals surface area (Å²) >= 11 is 0. The molecule has 14 heavy (non-hydrogen) atoms. The van der Waals surface area contributed by atoms with Crippen LogP contribution in [-0.4, -0.2) is 12.2 Å².